The molecule has 12 heteroatoms. The molecule has 6 rings (SSSR count). The standard InChI is InChI=1S/C32H32FN5O6/c1-18-10-24(29(41-4)15-27(18)44-20-7-8-26-30(12-20)43-17-42-26)36-31-21-13-25(28(40-3)14-23(21)34-16-35-31)37-32(39)22(33)11-19-6-5-9-38(19)2/h7-8,10-16,19H,5-6,9,17H2,1-4H3,(H,37,39)(H,34,35,36)/b22-11-/t19-/m1/s1. The Bertz CT molecular complexity index is 1760. The number of amides is 1. The summed E-state index contributed by atoms with van der Waals surface area (Å²) in [4.78, 5) is 23.6. The number of halogens is 1. The van der Waals surface area contributed by atoms with Gasteiger partial charge in [0.1, 0.15) is 35.1 Å². The molecule has 2 aliphatic heterocycles. The quantitative estimate of drug-likeness (QED) is 0.218. The molecule has 0 saturated carbocycles. The predicted octanol–water partition coefficient (Wildman–Crippen LogP) is 6.11. The molecule has 2 aliphatic rings. The van der Waals surface area contributed by atoms with Gasteiger partial charge in [0.15, 0.2) is 17.3 Å². The predicted molar refractivity (Wildman–Crippen MR) is 163 cm³/mol. The number of anilines is 3. The van der Waals surface area contributed by atoms with E-state index in [1.165, 1.54) is 19.5 Å². The number of likely N-dealkylation sites (N-methyl/N-ethyl adjacent to an activating group) is 1. The molecule has 1 aromatic heterocycles. The summed E-state index contributed by atoms with van der Waals surface area (Å²) in [6.45, 7) is 2.95. The van der Waals surface area contributed by atoms with E-state index in [-0.39, 0.29) is 18.5 Å². The van der Waals surface area contributed by atoms with Crippen LogP contribution < -0.4 is 34.3 Å². The summed E-state index contributed by atoms with van der Waals surface area (Å²) in [5, 5.41) is 6.53. The molecule has 1 fully saturated rings. The molecular formula is C32H32FN5O6. The smallest absolute Gasteiger partial charge is 0.284 e. The fourth-order valence-corrected chi connectivity index (χ4v) is 5.26. The summed E-state index contributed by atoms with van der Waals surface area (Å²) in [5.74, 6) is 2.04. The van der Waals surface area contributed by atoms with Crippen LogP contribution in [0.5, 0.6) is 34.5 Å². The minimum Gasteiger partial charge on any atom is -0.494 e. The van der Waals surface area contributed by atoms with Crippen molar-refractivity contribution in [2.24, 2.45) is 0 Å². The Morgan fingerprint density at radius 1 is 1.02 bits per heavy atom. The van der Waals surface area contributed by atoms with E-state index in [0.717, 1.165) is 24.9 Å². The molecule has 11 nitrogen and oxygen atoms in total. The van der Waals surface area contributed by atoms with E-state index in [1.807, 2.05) is 24.9 Å². The van der Waals surface area contributed by atoms with Gasteiger partial charge in [0.25, 0.3) is 5.91 Å². The molecule has 44 heavy (non-hydrogen) atoms. The number of fused-ring (bicyclic) bond motifs is 2. The first kappa shape index (κ1) is 29.0. The van der Waals surface area contributed by atoms with Crippen molar-refractivity contribution in [1.82, 2.24) is 14.9 Å². The first-order valence-corrected chi connectivity index (χ1v) is 14.1. The van der Waals surface area contributed by atoms with E-state index >= 15 is 0 Å². The number of carbonyl (C=O) groups excluding carboxylic acids is 1. The number of methoxy groups -OCH3 is 2. The van der Waals surface area contributed by atoms with E-state index in [1.54, 1.807) is 43.5 Å². The van der Waals surface area contributed by atoms with Crippen molar-refractivity contribution in [3.8, 4) is 34.5 Å². The van der Waals surface area contributed by atoms with Gasteiger partial charge in [-0.1, -0.05) is 0 Å². The minimum absolute atomic E-state index is 0.115. The van der Waals surface area contributed by atoms with Gasteiger partial charge < -0.3 is 34.3 Å². The Balaban J connectivity index is 1.27. The van der Waals surface area contributed by atoms with Crippen molar-refractivity contribution in [1.29, 1.82) is 0 Å². The number of carbonyl (C=O) groups is 1. The van der Waals surface area contributed by atoms with Crippen molar-refractivity contribution in [3.05, 3.63) is 66.3 Å². The summed E-state index contributed by atoms with van der Waals surface area (Å²) < 4.78 is 43.0. The number of hydrogen-bond acceptors (Lipinski definition) is 10. The van der Waals surface area contributed by atoms with Crippen LogP contribution in [0.1, 0.15) is 18.4 Å². The largest absolute Gasteiger partial charge is 0.494 e. The van der Waals surface area contributed by atoms with Crippen LogP contribution in [-0.4, -0.2) is 61.4 Å². The molecular weight excluding hydrogens is 569 g/mol. The lowest BCUT2D eigenvalue weighted by molar-refractivity contribution is -0.114. The Kier molecular flexibility index (Phi) is 8.07. The van der Waals surface area contributed by atoms with Gasteiger partial charge in [0.2, 0.25) is 6.79 Å². The van der Waals surface area contributed by atoms with Crippen LogP contribution in [0.4, 0.5) is 21.6 Å². The Hall–Kier alpha value is -5.10. The third kappa shape index (κ3) is 5.88. The minimum atomic E-state index is -0.857. The van der Waals surface area contributed by atoms with Crippen LogP contribution in [0.2, 0.25) is 0 Å². The van der Waals surface area contributed by atoms with Crippen LogP contribution in [0, 0.1) is 6.92 Å². The lowest BCUT2D eigenvalue weighted by Crippen LogP contribution is -2.24. The molecule has 4 aromatic rings. The van der Waals surface area contributed by atoms with Gasteiger partial charge in [0.05, 0.1) is 31.1 Å². The van der Waals surface area contributed by atoms with E-state index in [9.17, 15) is 9.18 Å². The molecule has 3 heterocycles. The van der Waals surface area contributed by atoms with Crippen molar-refractivity contribution >= 4 is 34.0 Å². The average Bonchev–Trinajstić information content (AvgIpc) is 3.66. The topological polar surface area (TPSA) is 116 Å². The van der Waals surface area contributed by atoms with E-state index in [0.29, 0.717) is 56.9 Å². The van der Waals surface area contributed by atoms with Crippen molar-refractivity contribution in [3.63, 3.8) is 0 Å². The molecule has 2 N–H and O–H groups in total. The first-order chi connectivity index (χ1) is 21.3. The fraction of sp³-hybridized carbons (Fsp3) is 0.281. The number of ether oxygens (including phenoxy) is 5. The molecule has 0 spiro atoms. The normalized spacial score (nSPS) is 16.2. The van der Waals surface area contributed by atoms with Crippen LogP contribution in [-0.2, 0) is 4.79 Å². The Morgan fingerprint density at radius 2 is 1.82 bits per heavy atom. The molecule has 3 aromatic carbocycles. The third-order valence-corrected chi connectivity index (χ3v) is 7.66. The third-order valence-electron chi connectivity index (χ3n) is 7.66. The van der Waals surface area contributed by atoms with Crippen LogP contribution in [0.3, 0.4) is 0 Å². The van der Waals surface area contributed by atoms with Gasteiger partial charge in [-0.15, -0.1) is 0 Å². The summed E-state index contributed by atoms with van der Waals surface area (Å²) in [6, 6.07) is 12.2. The lowest BCUT2D eigenvalue weighted by Gasteiger charge is -2.17. The molecule has 0 bridgehead atoms. The number of aromatic nitrogens is 2. The van der Waals surface area contributed by atoms with Crippen molar-refractivity contribution < 1.29 is 32.9 Å². The van der Waals surface area contributed by atoms with Gasteiger partial charge >= 0.3 is 0 Å². The Morgan fingerprint density at radius 3 is 2.59 bits per heavy atom. The molecule has 228 valence electrons. The summed E-state index contributed by atoms with van der Waals surface area (Å²) >= 11 is 0. The maximum Gasteiger partial charge on any atom is 0.284 e. The maximum absolute atomic E-state index is 14.9. The molecule has 1 atom stereocenters. The summed E-state index contributed by atoms with van der Waals surface area (Å²) in [7, 11) is 4.94. The molecule has 0 aliphatic carbocycles. The van der Waals surface area contributed by atoms with Gasteiger partial charge in [-0.3, -0.25) is 9.69 Å². The second kappa shape index (κ2) is 12.3. The number of hydrogen-bond donors (Lipinski definition) is 2. The number of likely N-dealkylation sites (tertiary alicyclic amines) is 1. The van der Waals surface area contributed by atoms with E-state index in [2.05, 4.69) is 20.6 Å². The second-order valence-corrected chi connectivity index (χ2v) is 10.5. The van der Waals surface area contributed by atoms with Gasteiger partial charge in [0, 0.05) is 29.6 Å². The van der Waals surface area contributed by atoms with Crippen LogP contribution in [0.15, 0.2) is 60.7 Å². The molecule has 1 amide bonds. The first-order valence-electron chi connectivity index (χ1n) is 14.1. The van der Waals surface area contributed by atoms with Gasteiger partial charge in [-0.05, 0) is 69.3 Å². The van der Waals surface area contributed by atoms with Gasteiger partial charge in [-0.2, -0.15) is 0 Å². The number of rotatable bonds is 9. The Labute approximate surface area is 253 Å². The molecule has 0 unspecified atom stereocenters. The van der Waals surface area contributed by atoms with Gasteiger partial charge in [-0.25, -0.2) is 14.4 Å². The zero-order valence-electron chi connectivity index (χ0n) is 24.8. The number of nitrogens with one attached hydrogen (secondary N) is 2. The fourth-order valence-electron chi connectivity index (χ4n) is 5.26. The number of benzene rings is 3. The lowest BCUT2D eigenvalue weighted by atomic mass is 10.1. The highest BCUT2D eigenvalue weighted by atomic mass is 19.1. The maximum atomic E-state index is 14.9. The van der Waals surface area contributed by atoms with Crippen LogP contribution >= 0.6 is 0 Å². The molecule has 0 radical (unpaired) electrons. The highest BCUT2D eigenvalue weighted by Gasteiger charge is 2.23. The van der Waals surface area contributed by atoms with E-state index in [4.69, 9.17) is 23.7 Å². The zero-order chi connectivity index (χ0) is 30.8. The highest BCUT2D eigenvalue weighted by Crippen LogP contribution is 2.41. The van der Waals surface area contributed by atoms with E-state index < -0.39 is 11.7 Å². The summed E-state index contributed by atoms with van der Waals surface area (Å²) in [6.07, 6.45) is 4.54. The molecule has 1 saturated heterocycles. The number of nitrogens with zero attached hydrogens (tertiary/aromatic N) is 3. The summed E-state index contributed by atoms with van der Waals surface area (Å²) in [5.41, 5.74) is 2.29. The monoisotopic (exact) mass is 601 g/mol. The second-order valence-electron chi connectivity index (χ2n) is 10.5. The van der Waals surface area contributed by atoms with Crippen LogP contribution in [0.25, 0.3) is 10.9 Å². The number of aryl methyl sites for hydroxylation is 1. The van der Waals surface area contributed by atoms with Crippen molar-refractivity contribution in [2.75, 3.05) is 45.2 Å². The SMILES string of the molecule is COc1cc2ncnc(Nc3cc(C)c(Oc4ccc5c(c4)OCO5)cc3OC)c2cc1NC(=O)/C(F)=C/[C@H]1CCCN1C. The average molecular weight is 602 g/mol. The van der Waals surface area contributed by atoms with Crippen molar-refractivity contribution in [2.45, 2.75) is 25.8 Å². The zero-order valence-corrected chi connectivity index (χ0v) is 24.8. The highest BCUT2D eigenvalue weighted by molar-refractivity contribution is 6.05.